The Morgan fingerprint density at radius 2 is 1.80 bits per heavy atom. The van der Waals surface area contributed by atoms with Crippen molar-refractivity contribution >= 4 is 34.3 Å². The zero-order valence-electron chi connectivity index (χ0n) is 18.3. The molecular formula is C25H31NO3S. The van der Waals surface area contributed by atoms with Crippen LogP contribution in [0.3, 0.4) is 0 Å². The van der Waals surface area contributed by atoms with E-state index in [1.807, 2.05) is 12.1 Å². The van der Waals surface area contributed by atoms with Gasteiger partial charge in [0.25, 0.3) is 0 Å². The van der Waals surface area contributed by atoms with Gasteiger partial charge in [-0.2, -0.15) is 0 Å². The van der Waals surface area contributed by atoms with Crippen LogP contribution in [0, 0.1) is 0 Å². The SMILES string of the molecule is CCOC(=O)c1c(NC(=O)C=Cc2ccc(C(C)(C)C)cc2)sc2c1CCCCC2. The first-order valence-corrected chi connectivity index (χ1v) is 11.5. The molecule has 1 heterocycles. The molecule has 0 saturated carbocycles. The second-order valence-corrected chi connectivity index (χ2v) is 9.79. The molecule has 1 aromatic heterocycles. The van der Waals surface area contributed by atoms with Gasteiger partial charge in [0.15, 0.2) is 0 Å². The van der Waals surface area contributed by atoms with Gasteiger partial charge in [-0.25, -0.2) is 4.79 Å². The summed E-state index contributed by atoms with van der Waals surface area (Å²) in [7, 11) is 0. The molecule has 160 valence electrons. The van der Waals surface area contributed by atoms with Crippen LogP contribution in [-0.4, -0.2) is 18.5 Å². The van der Waals surface area contributed by atoms with Gasteiger partial charge in [-0.1, -0.05) is 51.5 Å². The van der Waals surface area contributed by atoms with Gasteiger partial charge in [0.05, 0.1) is 12.2 Å². The van der Waals surface area contributed by atoms with Gasteiger partial charge in [-0.15, -0.1) is 11.3 Å². The highest BCUT2D eigenvalue weighted by Gasteiger charge is 2.26. The Morgan fingerprint density at radius 3 is 2.47 bits per heavy atom. The first-order chi connectivity index (χ1) is 14.3. The second kappa shape index (κ2) is 9.61. The van der Waals surface area contributed by atoms with Gasteiger partial charge in [-0.05, 0) is 60.8 Å². The number of hydrogen-bond acceptors (Lipinski definition) is 4. The van der Waals surface area contributed by atoms with Gasteiger partial charge in [-0.3, -0.25) is 4.79 Å². The van der Waals surface area contributed by atoms with E-state index >= 15 is 0 Å². The second-order valence-electron chi connectivity index (χ2n) is 8.68. The summed E-state index contributed by atoms with van der Waals surface area (Å²) in [5.74, 6) is -0.578. The molecule has 30 heavy (non-hydrogen) atoms. The third kappa shape index (κ3) is 5.39. The Labute approximate surface area is 183 Å². The van der Waals surface area contributed by atoms with Crippen molar-refractivity contribution in [2.45, 2.75) is 65.2 Å². The molecule has 0 fully saturated rings. The van der Waals surface area contributed by atoms with E-state index in [0.717, 1.165) is 36.8 Å². The van der Waals surface area contributed by atoms with E-state index in [9.17, 15) is 9.59 Å². The summed E-state index contributed by atoms with van der Waals surface area (Å²) in [6, 6.07) is 8.21. The number of aryl methyl sites for hydroxylation is 1. The first-order valence-electron chi connectivity index (χ1n) is 10.7. The number of carbonyl (C=O) groups is 2. The number of amides is 1. The van der Waals surface area contributed by atoms with E-state index in [0.29, 0.717) is 17.2 Å². The van der Waals surface area contributed by atoms with Crippen molar-refractivity contribution in [2.75, 3.05) is 11.9 Å². The molecule has 3 rings (SSSR count). The summed E-state index contributed by atoms with van der Waals surface area (Å²) in [4.78, 5) is 26.4. The maximum atomic E-state index is 12.6. The van der Waals surface area contributed by atoms with Crippen molar-refractivity contribution in [3.8, 4) is 0 Å². The minimum absolute atomic E-state index is 0.0975. The molecule has 1 amide bonds. The van der Waals surface area contributed by atoms with Crippen molar-refractivity contribution in [3.05, 3.63) is 57.5 Å². The van der Waals surface area contributed by atoms with Crippen LogP contribution in [0.15, 0.2) is 30.3 Å². The fourth-order valence-corrected chi connectivity index (χ4v) is 4.95. The van der Waals surface area contributed by atoms with E-state index in [1.54, 1.807) is 13.0 Å². The van der Waals surface area contributed by atoms with Gasteiger partial charge in [0, 0.05) is 11.0 Å². The number of fused-ring (bicyclic) bond motifs is 1. The number of esters is 1. The summed E-state index contributed by atoms with van der Waals surface area (Å²) in [5, 5.41) is 3.53. The molecule has 0 saturated heterocycles. The van der Waals surface area contributed by atoms with E-state index < -0.39 is 0 Å². The zero-order valence-corrected chi connectivity index (χ0v) is 19.2. The van der Waals surface area contributed by atoms with Crippen LogP contribution in [0.5, 0.6) is 0 Å². The Morgan fingerprint density at radius 1 is 1.10 bits per heavy atom. The Kier molecular flexibility index (Phi) is 7.14. The van der Waals surface area contributed by atoms with Crippen molar-refractivity contribution in [3.63, 3.8) is 0 Å². The van der Waals surface area contributed by atoms with E-state index in [4.69, 9.17) is 4.74 Å². The zero-order chi connectivity index (χ0) is 21.7. The van der Waals surface area contributed by atoms with Crippen molar-refractivity contribution in [2.24, 2.45) is 0 Å². The number of benzene rings is 1. The molecule has 2 aromatic rings. The molecular weight excluding hydrogens is 394 g/mol. The largest absolute Gasteiger partial charge is 0.462 e. The Hall–Kier alpha value is -2.40. The molecule has 0 bridgehead atoms. The highest BCUT2D eigenvalue weighted by molar-refractivity contribution is 7.17. The smallest absolute Gasteiger partial charge is 0.341 e. The maximum absolute atomic E-state index is 12.6. The molecule has 1 N–H and O–H groups in total. The molecule has 0 aliphatic heterocycles. The average Bonchev–Trinajstić information content (AvgIpc) is 2.86. The molecule has 0 spiro atoms. The summed E-state index contributed by atoms with van der Waals surface area (Å²) < 4.78 is 5.28. The lowest BCUT2D eigenvalue weighted by atomic mass is 9.87. The fraction of sp³-hybridized carbons (Fsp3) is 0.440. The number of nitrogens with one attached hydrogen (secondary N) is 1. The molecule has 1 aliphatic rings. The van der Waals surface area contributed by atoms with E-state index in [1.165, 1.54) is 34.3 Å². The molecule has 0 atom stereocenters. The first kappa shape index (κ1) is 22.3. The summed E-state index contributed by atoms with van der Waals surface area (Å²) in [6.45, 7) is 8.65. The highest BCUT2D eigenvalue weighted by Crippen LogP contribution is 2.38. The van der Waals surface area contributed by atoms with E-state index in [2.05, 4.69) is 38.2 Å². The predicted octanol–water partition coefficient (Wildman–Crippen LogP) is 6.14. The van der Waals surface area contributed by atoms with Crippen molar-refractivity contribution in [1.82, 2.24) is 0 Å². The summed E-state index contributed by atoms with van der Waals surface area (Å²) in [6.07, 6.45) is 8.49. The molecule has 5 heteroatoms. The van der Waals surface area contributed by atoms with Gasteiger partial charge < -0.3 is 10.1 Å². The van der Waals surface area contributed by atoms with Crippen LogP contribution in [0.1, 0.15) is 78.9 Å². The lowest BCUT2D eigenvalue weighted by molar-refractivity contribution is -0.111. The van der Waals surface area contributed by atoms with Crippen LogP contribution in [0.25, 0.3) is 6.08 Å². The molecule has 4 nitrogen and oxygen atoms in total. The normalized spacial score (nSPS) is 14.3. The minimum Gasteiger partial charge on any atom is -0.462 e. The topological polar surface area (TPSA) is 55.4 Å². The number of hydrogen-bond donors (Lipinski definition) is 1. The quantitative estimate of drug-likeness (QED) is 0.355. The van der Waals surface area contributed by atoms with Crippen LogP contribution in [0.4, 0.5) is 5.00 Å². The lowest BCUT2D eigenvalue weighted by Gasteiger charge is -2.18. The molecule has 1 aliphatic carbocycles. The van der Waals surface area contributed by atoms with Crippen molar-refractivity contribution in [1.29, 1.82) is 0 Å². The predicted molar refractivity (Wildman–Crippen MR) is 124 cm³/mol. The van der Waals surface area contributed by atoms with Gasteiger partial charge in [0.1, 0.15) is 5.00 Å². The standard InChI is InChI=1S/C25H31NO3S/c1-5-29-24(28)22-19-9-7-6-8-10-20(19)30-23(22)26-21(27)16-13-17-11-14-18(15-12-17)25(2,3)4/h11-16H,5-10H2,1-4H3,(H,26,27). The van der Waals surface area contributed by atoms with Crippen LogP contribution in [-0.2, 0) is 27.8 Å². The van der Waals surface area contributed by atoms with Crippen LogP contribution < -0.4 is 5.32 Å². The number of anilines is 1. The monoisotopic (exact) mass is 425 g/mol. The van der Waals surface area contributed by atoms with Crippen LogP contribution >= 0.6 is 11.3 Å². The number of ether oxygens (including phenoxy) is 1. The Bertz CT molecular complexity index is 933. The molecule has 0 unspecified atom stereocenters. The lowest BCUT2D eigenvalue weighted by Crippen LogP contribution is -2.13. The molecule has 1 aromatic carbocycles. The Balaban J connectivity index is 1.77. The van der Waals surface area contributed by atoms with Crippen LogP contribution in [0.2, 0.25) is 0 Å². The van der Waals surface area contributed by atoms with Crippen molar-refractivity contribution < 1.29 is 14.3 Å². The minimum atomic E-state index is -0.339. The maximum Gasteiger partial charge on any atom is 0.341 e. The highest BCUT2D eigenvalue weighted by atomic mass is 32.1. The number of carbonyl (C=O) groups excluding carboxylic acids is 2. The number of rotatable bonds is 5. The van der Waals surface area contributed by atoms with E-state index in [-0.39, 0.29) is 17.3 Å². The number of thiophene rings is 1. The molecule has 0 radical (unpaired) electrons. The third-order valence-corrected chi connectivity index (χ3v) is 6.55. The summed E-state index contributed by atoms with van der Waals surface area (Å²) in [5.41, 5.74) is 3.93. The van der Waals surface area contributed by atoms with Gasteiger partial charge in [0.2, 0.25) is 5.91 Å². The summed E-state index contributed by atoms with van der Waals surface area (Å²) >= 11 is 1.52. The fourth-order valence-electron chi connectivity index (χ4n) is 3.67. The average molecular weight is 426 g/mol. The third-order valence-electron chi connectivity index (χ3n) is 5.34. The van der Waals surface area contributed by atoms with Gasteiger partial charge >= 0.3 is 5.97 Å².